The number of aromatic amines is 2. The maximum Gasteiger partial charge on any atom is 0.304 e. The minimum Gasteiger partial charge on any atom is -0.315 e. The van der Waals surface area contributed by atoms with Crippen molar-refractivity contribution in [2.45, 2.75) is 11.6 Å². The first-order valence-electron chi connectivity index (χ1n) is 4.24. The first-order chi connectivity index (χ1) is 7.58. The quantitative estimate of drug-likeness (QED) is 0.697. The molecule has 0 aliphatic heterocycles. The van der Waals surface area contributed by atoms with Crippen LogP contribution >= 0.6 is 11.3 Å². The van der Waals surface area contributed by atoms with Crippen molar-refractivity contribution in [1.29, 1.82) is 0 Å². The van der Waals surface area contributed by atoms with Crippen LogP contribution in [0, 0.1) is 0 Å². The summed E-state index contributed by atoms with van der Waals surface area (Å²) in [5.74, 6) is 0. The molecule has 0 saturated carbocycles. The zero-order chi connectivity index (χ0) is 11.6. The van der Waals surface area contributed by atoms with Crippen LogP contribution in [-0.4, -0.2) is 23.6 Å². The van der Waals surface area contributed by atoms with Gasteiger partial charge in [-0.3, -0.25) is 9.89 Å². The van der Waals surface area contributed by atoms with Gasteiger partial charge < -0.3 is 4.98 Å². The third-order valence-corrected chi connectivity index (χ3v) is 3.84. The second kappa shape index (κ2) is 4.20. The number of H-pyrrole nitrogens is 2. The van der Waals surface area contributed by atoms with Crippen LogP contribution in [0.15, 0.2) is 27.5 Å². The average molecular weight is 260 g/mol. The Kier molecular flexibility index (Phi) is 2.90. The van der Waals surface area contributed by atoms with Crippen molar-refractivity contribution in [2.75, 3.05) is 0 Å². The van der Waals surface area contributed by atoms with Gasteiger partial charge in [-0.25, -0.2) is 13.1 Å². The molecule has 0 spiro atoms. The summed E-state index contributed by atoms with van der Waals surface area (Å²) in [6, 6.07) is 1.35. The molecule has 0 atom stereocenters. The zero-order valence-corrected chi connectivity index (χ0v) is 9.56. The molecule has 0 fully saturated rings. The Balaban J connectivity index is 2.09. The Hall–Kier alpha value is -1.45. The molecule has 7 nitrogen and oxygen atoms in total. The summed E-state index contributed by atoms with van der Waals surface area (Å²) < 4.78 is 25.5. The van der Waals surface area contributed by atoms with E-state index in [2.05, 4.69) is 19.9 Å². The van der Waals surface area contributed by atoms with Crippen molar-refractivity contribution in [2.24, 2.45) is 0 Å². The fraction of sp³-hybridized carbons (Fsp3) is 0.143. The maximum absolute atomic E-state index is 11.6. The van der Waals surface area contributed by atoms with Crippen molar-refractivity contribution in [3.63, 3.8) is 0 Å². The van der Waals surface area contributed by atoms with Crippen molar-refractivity contribution in [3.05, 3.63) is 33.0 Å². The van der Waals surface area contributed by atoms with Gasteiger partial charge in [0.1, 0.15) is 0 Å². The van der Waals surface area contributed by atoms with Gasteiger partial charge in [-0.1, -0.05) is 11.3 Å². The summed E-state index contributed by atoms with van der Waals surface area (Å²) >= 11 is 0.986. The Bertz CT molecular complexity index is 610. The second-order valence-electron chi connectivity index (χ2n) is 2.92. The van der Waals surface area contributed by atoms with Gasteiger partial charge in [-0.05, 0) is 6.07 Å². The lowest BCUT2D eigenvalue weighted by molar-refractivity contribution is 0.576. The number of nitrogens with zero attached hydrogens (tertiary/aromatic N) is 1. The van der Waals surface area contributed by atoms with E-state index in [9.17, 15) is 13.2 Å². The van der Waals surface area contributed by atoms with Gasteiger partial charge in [0.25, 0.3) is 10.0 Å². The van der Waals surface area contributed by atoms with Crippen molar-refractivity contribution < 1.29 is 8.42 Å². The molecular formula is C7H8N4O3S2. The number of rotatable bonds is 4. The summed E-state index contributed by atoms with van der Waals surface area (Å²) in [5, 5.41) is 7.45. The molecule has 2 heterocycles. The normalized spacial score (nSPS) is 11.8. The summed E-state index contributed by atoms with van der Waals surface area (Å²) in [5.41, 5.74) is 0.526. The van der Waals surface area contributed by atoms with Gasteiger partial charge in [0.05, 0.1) is 12.7 Å². The van der Waals surface area contributed by atoms with Crippen LogP contribution in [0.1, 0.15) is 5.69 Å². The van der Waals surface area contributed by atoms with E-state index in [0.717, 1.165) is 11.3 Å². The first-order valence-corrected chi connectivity index (χ1v) is 6.60. The number of thiazole rings is 1. The minimum atomic E-state index is -3.59. The molecule has 0 aliphatic rings. The summed E-state index contributed by atoms with van der Waals surface area (Å²) in [6.07, 6.45) is 1.35. The van der Waals surface area contributed by atoms with E-state index in [1.807, 2.05) is 0 Å². The predicted octanol–water partition coefficient (Wildman–Crippen LogP) is -0.362. The van der Waals surface area contributed by atoms with Gasteiger partial charge in [0, 0.05) is 11.1 Å². The summed E-state index contributed by atoms with van der Waals surface area (Å²) in [4.78, 5) is 13.1. The number of sulfonamides is 1. The summed E-state index contributed by atoms with van der Waals surface area (Å²) in [7, 11) is -3.59. The van der Waals surface area contributed by atoms with E-state index in [4.69, 9.17) is 0 Å². The largest absolute Gasteiger partial charge is 0.315 e. The maximum atomic E-state index is 11.6. The first kappa shape index (κ1) is 11.0. The number of hydrogen-bond donors (Lipinski definition) is 3. The standard InChI is InChI=1S/C7H8N4O3S2/c12-7-10-5(4-15-7)3-9-16(13,14)6-1-2-8-11-6/h1-2,4,9H,3H2,(H,8,11)(H,10,12). The molecule has 2 aromatic heterocycles. The van der Waals surface area contributed by atoms with E-state index >= 15 is 0 Å². The molecule has 86 valence electrons. The minimum absolute atomic E-state index is 0.00919. The van der Waals surface area contributed by atoms with Crippen molar-refractivity contribution in [3.8, 4) is 0 Å². The Morgan fingerprint density at radius 3 is 2.88 bits per heavy atom. The highest BCUT2D eigenvalue weighted by Gasteiger charge is 2.14. The van der Waals surface area contributed by atoms with E-state index in [-0.39, 0.29) is 16.4 Å². The van der Waals surface area contributed by atoms with Crippen LogP contribution in [0.5, 0.6) is 0 Å². The molecule has 0 amide bonds. The molecule has 2 aromatic rings. The molecule has 2 rings (SSSR count). The van der Waals surface area contributed by atoms with Crippen LogP contribution < -0.4 is 9.60 Å². The lowest BCUT2D eigenvalue weighted by Crippen LogP contribution is -2.24. The fourth-order valence-electron chi connectivity index (χ4n) is 1.04. The average Bonchev–Trinajstić information content (AvgIpc) is 2.85. The summed E-state index contributed by atoms with van der Waals surface area (Å²) in [6.45, 7) is 0.0418. The lowest BCUT2D eigenvalue weighted by atomic mass is 10.5. The molecular weight excluding hydrogens is 252 g/mol. The SMILES string of the molecule is O=c1[nH]c(CNS(=O)(=O)c2ccn[nH]2)cs1. The second-order valence-corrected chi connectivity index (χ2v) is 5.50. The molecule has 9 heteroatoms. The van der Waals surface area contributed by atoms with E-state index in [1.165, 1.54) is 12.3 Å². The van der Waals surface area contributed by atoms with Gasteiger partial charge in [-0.15, -0.1) is 0 Å². The third kappa shape index (κ3) is 2.38. The highest BCUT2D eigenvalue weighted by atomic mass is 32.2. The van der Waals surface area contributed by atoms with Gasteiger partial charge in [0.2, 0.25) is 0 Å². The van der Waals surface area contributed by atoms with Crippen LogP contribution in [-0.2, 0) is 16.6 Å². The van der Waals surface area contributed by atoms with E-state index in [0.29, 0.717) is 5.69 Å². The molecule has 0 unspecified atom stereocenters. The molecule has 0 radical (unpaired) electrons. The van der Waals surface area contributed by atoms with E-state index in [1.54, 1.807) is 5.38 Å². The Morgan fingerprint density at radius 2 is 2.31 bits per heavy atom. The third-order valence-electron chi connectivity index (χ3n) is 1.79. The topological polar surface area (TPSA) is 108 Å². The van der Waals surface area contributed by atoms with Crippen molar-refractivity contribution in [1.82, 2.24) is 19.9 Å². The molecule has 16 heavy (non-hydrogen) atoms. The smallest absolute Gasteiger partial charge is 0.304 e. The van der Waals surface area contributed by atoms with Gasteiger partial charge in [-0.2, -0.15) is 5.10 Å². The zero-order valence-electron chi connectivity index (χ0n) is 7.93. The monoisotopic (exact) mass is 260 g/mol. The molecule has 0 saturated heterocycles. The van der Waals surface area contributed by atoms with Crippen LogP contribution in [0.25, 0.3) is 0 Å². The van der Waals surface area contributed by atoms with Gasteiger partial charge in [0.15, 0.2) is 5.03 Å². The lowest BCUT2D eigenvalue weighted by Gasteiger charge is -2.01. The molecule has 0 bridgehead atoms. The number of aromatic nitrogens is 3. The molecule has 0 aromatic carbocycles. The molecule has 3 N–H and O–H groups in total. The fourth-order valence-corrected chi connectivity index (χ4v) is 2.54. The Morgan fingerprint density at radius 1 is 1.50 bits per heavy atom. The van der Waals surface area contributed by atoms with Crippen LogP contribution in [0.2, 0.25) is 0 Å². The van der Waals surface area contributed by atoms with E-state index < -0.39 is 10.0 Å². The van der Waals surface area contributed by atoms with Gasteiger partial charge >= 0.3 is 4.87 Å². The van der Waals surface area contributed by atoms with Crippen LogP contribution in [0.3, 0.4) is 0 Å². The highest BCUT2D eigenvalue weighted by Crippen LogP contribution is 2.03. The van der Waals surface area contributed by atoms with Crippen LogP contribution in [0.4, 0.5) is 0 Å². The number of hydrogen-bond acceptors (Lipinski definition) is 5. The van der Waals surface area contributed by atoms with Crippen molar-refractivity contribution >= 4 is 21.4 Å². The number of nitrogens with one attached hydrogen (secondary N) is 3. The molecule has 0 aliphatic carbocycles. The predicted molar refractivity (Wildman–Crippen MR) is 57.6 cm³/mol. The Labute approximate surface area is 94.6 Å². The highest BCUT2D eigenvalue weighted by molar-refractivity contribution is 7.89.